The first-order chi connectivity index (χ1) is 9.58. The lowest BCUT2D eigenvalue weighted by Gasteiger charge is -2.06. The molecular formula is C16H10O4-2. The van der Waals surface area contributed by atoms with Crippen molar-refractivity contribution in [1.29, 1.82) is 0 Å². The van der Waals surface area contributed by atoms with Gasteiger partial charge in [-0.15, -0.1) is 0 Å². The molecule has 0 atom stereocenters. The molecule has 0 radical (unpaired) electrons. The summed E-state index contributed by atoms with van der Waals surface area (Å²) in [7, 11) is 0. The zero-order chi connectivity index (χ0) is 14.5. The second-order valence-electron chi connectivity index (χ2n) is 4.12. The van der Waals surface area contributed by atoms with Crippen LogP contribution in [0.3, 0.4) is 0 Å². The van der Waals surface area contributed by atoms with Crippen molar-refractivity contribution >= 4 is 24.1 Å². The van der Waals surface area contributed by atoms with Gasteiger partial charge in [-0.3, -0.25) is 0 Å². The standard InChI is InChI=1S/C16H12O4/c17-15(18)13-9-6-11(7-10-13)5-8-12-3-1-2-4-14(12)16(19)20/h1-10H,(H,17,18)(H,19,20)/p-2/b8-5+. The van der Waals surface area contributed by atoms with Crippen LogP contribution < -0.4 is 10.2 Å². The van der Waals surface area contributed by atoms with E-state index in [-0.39, 0.29) is 11.1 Å². The van der Waals surface area contributed by atoms with Crippen molar-refractivity contribution < 1.29 is 19.8 Å². The highest BCUT2D eigenvalue weighted by atomic mass is 16.4. The van der Waals surface area contributed by atoms with Crippen molar-refractivity contribution in [3.63, 3.8) is 0 Å². The fourth-order valence-electron chi connectivity index (χ4n) is 1.74. The van der Waals surface area contributed by atoms with Gasteiger partial charge in [-0.1, -0.05) is 60.7 Å². The number of rotatable bonds is 4. The minimum Gasteiger partial charge on any atom is -0.545 e. The molecule has 0 saturated carbocycles. The molecule has 2 rings (SSSR count). The minimum atomic E-state index is -1.24. The van der Waals surface area contributed by atoms with Gasteiger partial charge in [0.05, 0.1) is 11.9 Å². The average Bonchev–Trinajstić information content (AvgIpc) is 2.45. The molecule has 0 fully saturated rings. The normalized spacial score (nSPS) is 10.6. The maximum absolute atomic E-state index is 10.9. The summed E-state index contributed by atoms with van der Waals surface area (Å²) in [4.78, 5) is 21.5. The van der Waals surface area contributed by atoms with Gasteiger partial charge in [0.25, 0.3) is 0 Å². The van der Waals surface area contributed by atoms with Gasteiger partial charge in [-0.05, 0) is 16.7 Å². The predicted molar refractivity (Wildman–Crippen MR) is 70.5 cm³/mol. The van der Waals surface area contributed by atoms with E-state index in [1.807, 2.05) is 0 Å². The molecule has 4 nitrogen and oxygen atoms in total. The Morgan fingerprint density at radius 1 is 0.800 bits per heavy atom. The van der Waals surface area contributed by atoms with E-state index in [0.717, 1.165) is 5.56 Å². The number of hydrogen-bond donors (Lipinski definition) is 0. The molecule has 0 saturated heterocycles. The Kier molecular flexibility index (Phi) is 3.96. The van der Waals surface area contributed by atoms with Crippen molar-refractivity contribution in [1.82, 2.24) is 0 Å². The number of benzene rings is 2. The van der Waals surface area contributed by atoms with Crippen LogP contribution >= 0.6 is 0 Å². The summed E-state index contributed by atoms with van der Waals surface area (Å²) in [6.45, 7) is 0. The lowest BCUT2D eigenvalue weighted by Crippen LogP contribution is -2.23. The highest BCUT2D eigenvalue weighted by Crippen LogP contribution is 2.13. The van der Waals surface area contributed by atoms with E-state index in [9.17, 15) is 19.8 Å². The zero-order valence-corrected chi connectivity index (χ0v) is 10.4. The summed E-state index contributed by atoms with van der Waals surface area (Å²) in [5.74, 6) is -2.47. The SMILES string of the molecule is O=C([O-])c1ccc(/C=C/c2ccccc2C(=O)[O-])cc1. The quantitative estimate of drug-likeness (QED) is 0.758. The van der Waals surface area contributed by atoms with Gasteiger partial charge in [0.15, 0.2) is 0 Å². The smallest absolute Gasteiger partial charge is 0.0721 e. The Morgan fingerprint density at radius 3 is 2.05 bits per heavy atom. The Balaban J connectivity index is 2.25. The van der Waals surface area contributed by atoms with Crippen LogP contribution in [-0.4, -0.2) is 11.9 Å². The van der Waals surface area contributed by atoms with E-state index in [1.165, 1.54) is 18.2 Å². The van der Waals surface area contributed by atoms with Crippen molar-refractivity contribution in [2.24, 2.45) is 0 Å². The van der Waals surface area contributed by atoms with Crippen LogP contribution in [-0.2, 0) is 0 Å². The highest BCUT2D eigenvalue weighted by Gasteiger charge is 1.99. The Hall–Kier alpha value is -2.88. The summed E-state index contributed by atoms with van der Waals surface area (Å²) in [5, 5.41) is 21.5. The van der Waals surface area contributed by atoms with Gasteiger partial charge >= 0.3 is 0 Å². The Labute approximate surface area is 115 Å². The van der Waals surface area contributed by atoms with E-state index in [1.54, 1.807) is 42.5 Å². The molecule has 4 heteroatoms. The molecule has 2 aromatic rings. The molecule has 0 N–H and O–H groups in total. The van der Waals surface area contributed by atoms with Crippen molar-refractivity contribution in [3.05, 3.63) is 70.8 Å². The van der Waals surface area contributed by atoms with E-state index in [2.05, 4.69) is 0 Å². The fraction of sp³-hybridized carbons (Fsp3) is 0. The summed E-state index contributed by atoms with van der Waals surface area (Å²) < 4.78 is 0. The highest BCUT2D eigenvalue weighted by molar-refractivity contribution is 5.92. The third-order valence-electron chi connectivity index (χ3n) is 2.78. The molecule has 0 aliphatic rings. The second kappa shape index (κ2) is 5.84. The van der Waals surface area contributed by atoms with E-state index in [4.69, 9.17) is 0 Å². The van der Waals surface area contributed by atoms with Gasteiger partial charge in [0.1, 0.15) is 0 Å². The van der Waals surface area contributed by atoms with Crippen LogP contribution in [0.2, 0.25) is 0 Å². The number of carboxylic acids is 2. The van der Waals surface area contributed by atoms with Gasteiger partial charge in [-0.25, -0.2) is 0 Å². The summed E-state index contributed by atoms with van der Waals surface area (Å²) >= 11 is 0. The Bertz CT molecular complexity index is 669. The van der Waals surface area contributed by atoms with Crippen LogP contribution in [0.5, 0.6) is 0 Å². The van der Waals surface area contributed by atoms with Crippen molar-refractivity contribution in [2.75, 3.05) is 0 Å². The summed E-state index contributed by atoms with van der Waals surface area (Å²) in [6.07, 6.45) is 3.33. The summed E-state index contributed by atoms with van der Waals surface area (Å²) in [6, 6.07) is 12.6. The maximum Gasteiger partial charge on any atom is 0.0721 e. The third kappa shape index (κ3) is 3.11. The monoisotopic (exact) mass is 266 g/mol. The molecule has 0 aromatic heterocycles. The molecule has 20 heavy (non-hydrogen) atoms. The minimum absolute atomic E-state index is 0.0947. The third-order valence-corrected chi connectivity index (χ3v) is 2.78. The number of hydrogen-bond acceptors (Lipinski definition) is 4. The molecule has 0 spiro atoms. The first kappa shape index (κ1) is 13.5. The topological polar surface area (TPSA) is 80.3 Å². The number of carbonyl (C=O) groups excluding carboxylic acids is 2. The fourth-order valence-corrected chi connectivity index (χ4v) is 1.74. The average molecular weight is 266 g/mol. The van der Waals surface area contributed by atoms with Gasteiger partial charge < -0.3 is 19.8 Å². The van der Waals surface area contributed by atoms with E-state index < -0.39 is 11.9 Å². The number of carboxylic acid groups (broad SMARTS) is 2. The molecule has 0 heterocycles. The Morgan fingerprint density at radius 2 is 1.45 bits per heavy atom. The molecule has 0 amide bonds. The van der Waals surface area contributed by atoms with Crippen LogP contribution in [0.25, 0.3) is 12.2 Å². The second-order valence-corrected chi connectivity index (χ2v) is 4.12. The number of carbonyl (C=O) groups is 2. The lowest BCUT2D eigenvalue weighted by molar-refractivity contribution is -0.256. The van der Waals surface area contributed by atoms with Crippen LogP contribution in [0.1, 0.15) is 31.8 Å². The molecule has 2 aromatic carbocycles. The van der Waals surface area contributed by atoms with Crippen LogP contribution in [0.15, 0.2) is 48.5 Å². The first-order valence-electron chi connectivity index (χ1n) is 5.88. The molecule has 0 aliphatic heterocycles. The predicted octanol–water partition coefficient (Wildman–Crippen LogP) is 0.584. The van der Waals surface area contributed by atoms with E-state index in [0.29, 0.717) is 5.56 Å². The molecule has 100 valence electrons. The van der Waals surface area contributed by atoms with Gasteiger partial charge in [0, 0.05) is 5.56 Å². The van der Waals surface area contributed by atoms with Crippen LogP contribution in [0, 0.1) is 0 Å². The largest absolute Gasteiger partial charge is 0.545 e. The maximum atomic E-state index is 10.9. The van der Waals surface area contributed by atoms with Crippen molar-refractivity contribution in [2.45, 2.75) is 0 Å². The summed E-state index contributed by atoms with van der Waals surface area (Å²) in [5.41, 5.74) is 1.48. The first-order valence-corrected chi connectivity index (χ1v) is 5.88. The van der Waals surface area contributed by atoms with E-state index >= 15 is 0 Å². The van der Waals surface area contributed by atoms with Crippen molar-refractivity contribution in [3.8, 4) is 0 Å². The lowest BCUT2D eigenvalue weighted by atomic mass is 10.1. The van der Waals surface area contributed by atoms with Gasteiger partial charge in [-0.2, -0.15) is 0 Å². The molecule has 0 unspecified atom stereocenters. The molecular weight excluding hydrogens is 256 g/mol. The molecule has 0 bridgehead atoms. The van der Waals surface area contributed by atoms with Gasteiger partial charge in [0.2, 0.25) is 0 Å². The van der Waals surface area contributed by atoms with Crippen LogP contribution in [0.4, 0.5) is 0 Å². The zero-order valence-electron chi connectivity index (χ0n) is 10.4. The molecule has 0 aliphatic carbocycles. The number of aromatic carboxylic acids is 2.